The van der Waals surface area contributed by atoms with Crippen molar-refractivity contribution in [2.24, 2.45) is 5.41 Å². The Morgan fingerprint density at radius 2 is 1.91 bits per heavy atom. The maximum Gasteiger partial charge on any atom is 0.147 e. The van der Waals surface area contributed by atoms with Crippen LogP contribution < -0.4 is 5.32 Å². The van der Waals surface area contributed by atoms with Crippen molar-refractivity contribution in [3.8, 4) is 6.07 Å². The van der Waals surface area contributed by atoms with Crippen molar-refractivity contribution in [3.05, 3.63) is 65.5 Å². The van der Waals surface area contributed by atoms with Gasteiger partial charge in [-0.05, 0) is 29.2 Å². The normalized spacial score (nSPS) is 12.5. The molecule has 0 aliphatic heterocycles. The van der Waals surface area contributed by atoms with Crippen molar-refractivity contribution in [1.82, 2.24) is 0 Å². The number of hydrogen-bond acceptors (Lipinski definition) is 3. The van der Waals surface area contributed by atoms with E-state index in [1.807, 2.05) is 50.2 Å². The van der Waals surface area contributed by atoms with E-state index in [1.54, 1.807) is 12.1 Å². The van der Waals surface area contributed by atoms with Gasteiger partial charge in [0.25, 0.3) is 0 Å². The lowest BCUT2D eigenvalue weighted by Crippen LogP contribution is -2.31. The minimum Gasteiger partial charge on any atom is -0.396 e. The number of hydrogen-bond donors (Lipinski definition) is 2. The lowest BCUT2D eigenvalue weighted by Gasteiger charge is -2.33. The van der Waals surface area contributed by atoms with Crippen LogP contribution in [0.3, 0.4) is 0 Å². The number of benzene rings is 2. The maximum absolute atomic E-state index is 14.0. The van der Waals surface area contributed by atoms with Gasteiger partial charge >= 0.3 is 0 Å². The van der Waals surface area contributed by atoms with Gasteiger partial charge in [0.1, 0.15) is 5.82 Å². The van der Waals surface area contributed by atoms with E-state index in [2.05, 4.69) is 5.32 Å². The highest BCUT2D eigenvalue weighted by atomic mass is 19.1. The number of nitriles is 1. The summed E-state index contributed by atoms with van der Waals surface area (Å²) in [7, 11) is 0. The van der Waals surface area contributed by atoms with Crippen LogP contribution in [0.25, 0.3) is 0 Å². The van der Waals surface area contributed by atoms with Crippen LogP contribution in [0, 0.1) is 22.6 Å². The molecule has 23 heavy (non-hydrogen) atoms. The van der Waals surface area contributed by atoms with Crippen LogP contribution in [-0.2, 0) is 0 Å². The van der Waals surface area contributed by atoms with Gasteiger partial charge in [0, 0.05) is 19.1 Å². The monoisotopic (exact) mass is 312 g/mol. The minimum absolute atomic E-state index is 0.0174. The third-order valence-electron chi connectivity index (χ3n) is 4.15. The van der Waals surface area contributed by atoms with Gasteiger partial charge in [0.2, 0.25) is 0 Å². The average Bonchev–Trinajstić information content (AvgIpc) is 2.57. The summed E-state index contributed by atoms with van der Waals surface area (Å²) in [5.41, 5.74) is 1.40. The summed E-state index contributed by atoms with van der Waals surface area (Å²) in [6, 6.07) is 16.2. The van der Waals surface area contributed by atoms with Crippen LogP contribution in [0.4, 0.5) is 10.1 Å². The SMILES string of the molecule is CC(C)(CO)C(CNc1ccc(C#N)cc1F)c1ccccc1. The first kappa shape index (κ1) is 17.0. The van der Waals surface area contributed by atoms with E-state index in [-0.39, 0.29) is 17.9 Å². The van der Waals surface area contributed by atoms with Gasteiger partial charge in [0.05, 0.1) is 17.3 Å². The summed E-state index contributed by atoms with van der Waals surface area (Å²) < 4.78 is 14.0. The highest BCUT2D eigenvalue weighted by Crippen LogP contribution is 2.35. The molecule has 3 nitrogen and oxygen atoms in total. The zero-order chi connectivity index (χ0) is 16.9. The Balaban J connectivity index is 2.21. The molecule has 0 fully saturated rings. The predicted molar refractivity (Wildman–Crippen MR) is 89.7 cm³/mol. The molecule has 0 aliphatic carbocycles. The quantitative estimate of drug-likeness (QED) is 0.850. The lowest BCUT2D eigenvalue weighted by molar-refractivity contribution is 0.134. The summed E-state index contributed by atoms with van der Waals surface area (Å²) in [6.45, 7) is 4.49. The number of aliphatic hydroxyl groups excluding tert-OH is 1. The minimum atomic E-state index is -0.447. The third kappa shape index (κ3) is 4.08. The molecule has 1 unspecified atom stereocenters. The van der Waals surface area contributed by atoms with Gasteiger partial charge in [-0.1, -0.05) is 44.2 Å². The summed E-state index contributed by atoms with van der Waals surface area (Å²) in [5, 5.41) is 21.6. The summed E-state index contributed by atoms with van der Waals surface area (Å²) in [6.07, 6.45) is 0. The molecular weight excluding hydrogens is 291 g/mol. The van der Waals surface area contributed by atoms with Crippen LogP contribution in [0.15, 0.2) is 48.5 Å². The van der Waals surface area contributed by atoms with Gasteiger partial charge in [0.15, 0.2) is 0 Å². The van der Waals surface area contributed by atoms with Crippen LogP contribution >= 0.6 is 0 Å². The van der Waals surface area contributed by atoms with E-state index in [9.17, 15) is 9.50 Å². The first-order chi connectivity index (χ1) is 11.0. The van der Waals surface area contributed by atoms with E-state index in [0.717, 1.165) is 5.56 Å². The van der Waals surface area contributed by atoms with Gasteiger partial charge in [-0.2, -0.15) is 5.26 Å². The van der Waals surface area contributed by atoms with E-state index >= 15 is 0 Å². The predicted octanol–water partition coefficient (Wildman–Crippen LogP) is 3.91. The zero-order valence-corrected chi connectivity index (χ0v) is 13.4. The molecule has 2 N–H and O–H groups in total. The maximum atomic E-state index is 14.0. The Morgan fingerprint density at radius 3 is 2.48 bits per heavy atom. The van der Waals surface area contributed by atoms with Crippen LogP contribution in [0.1, 0.15) is 30.9 Å². The standard InChI is InChI=1S/C19H21FN2O/c1-19(2,13-23)16(15-6-4-3-5-7-15)12-22-18-9-8-14(11-21)10-17(18)20/h3-10,16,22-23H,12-13H2,1-2H3. The van der Waals surface area contributed by atoms with Gasteiger partial charge in [-0.25, -0.2) is 4.39 Å². The Morgan fingerprint density at radius 1 is 1.22 bits per heavy atom. The Kier molecular flexibility index (Phi) is 5.36. The molecule has 2 rings (SSSR count). The average molecular weight is 312 g/mol. The molecule has 0 aromatic heterocycles. The molecule has 0 saturated carbocycles. The summed E-state index contributed by atoms with van der Waals surface area (Å²) >= 11 is 0. The van der Waals surface area contributed by atoms with Crippen molar-refractivity contribution in [2.75, 3.05) is 18.5 Å². The second kappa shape index (κ2) is 7.26. The third-order valence-corrected chi connectivity index (χ3v) is 4.15. The molecule has 2 aromatic carbocycles. The molecule has 2 aromatic rings. The number of rotatable bonds is 6. The molecular formula is C19H21FN2O. The number of aliphatic hydroxyl groups is 1. The van der Waals surface area contributed by atoms with E-state index in [4.69, 9.17) is 5.26 Å². The number of nitrogens with one attached hydrogen (secondary N) is 1. The van der Waals surface area contributed by atoms with E-state index in [1.165, 1.54) is 6.07 Å². The molecule has 0 aliphatic rings. The fraction of sp³-hybridized carbons (Fsp3) is 0.316. The van der Waals surface area contributed by atoms with Gasteiger partial charge in [-0.3, -0.25) is 0 Å². The fourth-order valence-electron chi connectivity index (χ4n) is 2.58. The molecule has 0 bridgehead atoms. The lowest BCUT2D eigenvalue weighted by atomic mass is 9.75. The van der Waals surface area contributed by atoms with Crippen molar-refractivity contribution < 1.29 is 9.50 Å². The van der Waals surface area contributed by atoms with E-state index in [0.29, 0.717) is 17.8 Å². The molecule has 0 radical (unpaired) electrons. The van der Waals surface area contributed by atoms with Crippen LogP contribution in [0.5, 0.6) is 0 Å². The first-order valence-electron chi connectivity index (χ1n) is 7.57. The molecule has 0 spiro atoms. The molecule has 4 heteroatoms. The molecule has 0 amide bonds. The fourth-order valence-corrected chi connectivity index (χ4v) is 2.58. The smallest absolute Gasteiger partial charge is 0.147 e. The number of anilines is 1. The Labute approximate surface area is 136 Å². The largest absolute Gasteiger partial charge is 0.396 e. The van der Waals surface area contributed by atoms with Crippen molar-refractivity contribution in [1.29, 1.82) is 5.26 Å². The van der Waals surface area contributed by atoms with Gasteiger partial charge in [-0.15, -0.1) is 0 Å². The topological polar surface area (TPSA) is 56.0 Å². The zero-order valence-electron chi connectivity index (χ0n) is 13.4. The Bertz CT molecular complexity index is 692. The Hall–Kier alpha value is -2.38. The highest BCUT2D eigenvalue weighted by molar-refractivity contribution is 5.49. The molecule has 0 saturated heterocycles. The van der Waals surface area contributed by atoms with Crippen molar-refractivity contribution >= 4 is 5.69 Å². The van der Waals surface area contributed by atoms with Gasteiger partial charge < -0.3 is 10.4 Å². The van der Waals surface area contributed by atoms with Crippen molar-refractivity contribution in [2.45, 2.75) is 19.8 Å². The first-order valence-corrected chi connectivity index (χ1v) is 7.57. The second-order valence-corrected chi connectivity index (χ2v) is 6.30. The molecule has 1 atom stereocenters. The number of halogens is 1. The molecule has 0 heterocycles. The van der Waals surface area contributed by atoms with E-state index < -0.39 is 5.82 Å². The second-order valence-electron chi connectivity index (χ2n) is 6.30. The van der Waals surface area contributed by atoms with Crippen LogP contribution in [0.2, 0.25) is 0 Å². The summed E-state index contributed by atoms with van der Waals surface area (Å²) in [5.74, 6) is -0.429. The molecule has 120 valence electrons. The summed E-state index contributed by atoms with van der Waals surface area (Å²) in [4.78, 5) is 0. The van der Waals surface area contributed by atoms with Crippen LogP contribution in [-0.4, -0.2) is 18.3 Å². The highest BCUT2D eigenvalue weighted by Gasteiger charge is 2.30. The number of nitrogens with zero attached hydrogens (tertiary/aromatic N) is 1. The van der Waals surface area contributed by atoms with Crippen molar-refractivity contribution in [3.63, 3.8) is 0 Å².